The van der Waals surface area contributed by atoms with Crippen molar-refractivity contribution < 1.29 is 19.1 Å². The second-order valence-corrected chi connectivity index (χ2v) is 6.20. The molecule has 1 aromatic carbocycles. The molecule has 1 fully saturated rings. The maximum atomic E-state index is 12.1. The second-order valence-electron chi connectivity index (χ2n) is 6.20. The minimum atomic E-state index is -0.727. The molecular weight excluding hydrogens is 322 g/mol. The van der Waals surface area contributed by atoms with Gasteiger partial charge in [-0.05, 0) is 38.4 Å². The van der Waals surface area contributed by atoms with Crippen molar-refractivity contribution in [3.05, 3.63) is 29.8 Å². The summed E-state index contributed by atoms with van der Waals surface area (Å²) in [5.74, 6) is -1.49. The number of anilines is 1. The maximum Gasteiger partial charge on any atom is 0.313 e. The number of benzene rings is 1. The standard InChI is InChI=1S/C18H25N3O4/c1-13(22)14-5-3-6-15(11-14)19-17(23)18(24)20-16-7-4-8-21(12-16)9-10-25-2/h3,5-6,11,16H,4,7-10,12H2,1-2H3,(H,19,23)(H,20,24). The van der Waals surface area contributed by atoms with E-state index in [0.717, 1.165) is 25.9 Å². The van der Waals surface area contributed by atoms with Crippen molar-refractivity contribution in [3.8, 4) is 0 Å². The number of carbonyl (C=O) groups is 3. The summed E-state index contributed by atoms with van der Waals surface area (Å²) >= 11 is 0. The van der Waals surface area contributed by atoms with E-state index in [1.165, 1.54) is 6.92 Å². The Morgan fingerprint density at radius 1 is 1.28 bits per heavy atom. The van der Waals surface area contributed by atoms with E-state index in [1.54, 1.807) is 31.4 Å². The van der Waals surface area contributed by atoms with Gasteiger partial charge in [-0.2, -0.15) is 0 Å². The topological polar surface area (TPSA) is 87.7 Å². The smallest absolute Gasteiger partial charge is 0.313 e. The number of Topliss-reactive ketones (excluding diaryl/α,β-unsaturated/α-hetero) is 1. The number of hydrogen-bond acceptors (Lipinski definition) is 5. The summed E-state index contributed by atoms with van der Waals surface area (Å²) in [6.45, 7) is 4.59. The molecule has 1 atom stereocenters. The van der Waals surface area contributed by atoms with E-state index in [-0.39, 0.29) is 11.8 Å². The maximum absolute atomic E-state index is 12.1. The Morgan fingerprint density at radius 3 is 2.80 bits per heavy atom. The molecule has 1 aromatic rings. The zero-order valence-electron chi connectivity index (χ0n) is 14.7. The largest absolute Gasteiger partial charge is 0.383 e. The van der Waals surface area contributed by atoms with Crippen molar-refractivity contribution >= 4 is 23.3 Å². The first kappa shape index (κ1) is 19.1. The summed E-state index contributed by atoms with van der Waals surface area (Å²) in [5.41, 5.74) is 0.914. The van der Waals surface area contributed by atoms with Crippen LogP contribution in [0.15, 0.2) is 24.3 Å². The van der Waals surface area contributed by atoms with E-state index in [1.807, 2.05) is 0 Å². The number of carbonyl (C=O) groups excluding carboxylic acids is 3. The van der Waals surface area contributed by atoms with Crippen molar-refractivity contribution in [1.82, 2.24) is 10.2 Å². The normalized spacial score (nSPS) is 17.8. The molecule has 1 heterocycles. The van der Waals surface area contributed by atoms with Crippen LogP contribution in [0.1, 0.15) is 30.1 Å². The summed E-state index contributed by atoms with van der Waals surface area (Å²) in [6.07, 6.45) is 1.82. The fourth-order valence-electron chi connectivity index (χ4n) is 2.85. The molecule has 1 aliphatic rings. The second kappa shape index (κ2) is 9.29. The molecule has 7 heteroatoms. The van der Waals surface area contributed by atoms with Gasteiger partial charge in [0.2, 0.25) is 0 Å². The quantitative estimate of drug-likeness (QED) is 0.593. The molecule has 7 nitrogen and oxygen atoms in total. The molecule has 25 heavy (non-hydrogen) atoms. The van der Waals surface area contributed by atoms with Gasteiger partial charge in [0.15, 0.2) is 5.78 Å². The highest BCUT2D eigenvalue weighted by Gasteiger charge is 2.24. The number of likely N-dealkylation sites (tertiary alicyclic amines) is 1. The molecule has 1 unspecified atom stereocenters. The molecule has 0 radical (unpaired) electrons. The first-order chi connectivity index (χ1) is 12.0. The Labute approximate surface area is 147 Å². The average molecular weight is 347 g/mol. The van der Waals surface area contributed by atoms with Crippen LogP contribution in [0.5, 0.6) is 0 Å². The summed E-state index contributed by atoms with van der Waals surface area (Å²) in [6, 6.07) is 6.48. The van der Waals surface area contributed by atoms with Crippen LogP contribution in [0.3, 0.4) is 0 Å². The molecule has 0 aliphatic carbocycles. The molecular formula is C18H25N3O4. The van der Waals surface area contributed by atoms with Crippen LogP contribution in [-0.2, 0) is 14.3 Å². The lowest BCUT2D eigenvalue weighted by molar-refractivity contribution is -0.136. The lowest BCUT2D eigenvalue weighted by Crippen LogP contribution is -2.50. The van der Waals surface area contributed by atoms with Crippen molar-refractivity contribution in [2.75, 3.05) is 38.7 Å². The predicted octanol–water partition coefficient (Wildman–Crippen LogP) is 1.05. The van der Waals surface area contributed by atoms with Crippen LogP contribution in [0.4, 0.5) is 5.69 Å². The Hall–Kier alpha value is -2.25. The highest BCUT2D eigenvalue weighted by Crippen LogP contribution is 2.12. The van der Waals surface area contributed by atoms with E-state index in [9.17, 15) is 14.4 Å². The third-order valence-corrected chi connectivity index (χ3v) is 4.19. The first-order valence-corrected chi connectivity index (χ1v) is 8.43. The van der Waals surface area contributed by atoms with Gasteiger partial charge in [0, 0.05) is 37.5 Å². The molecule has 0 spiro atoms. The summed E-state index contributed by atoms with van der Waals surface area (Å²) in [5, 5.41) is 5.32. The van der Waals surface area contributed by atoms with Crippen LogP contribution in [0.2, 0.25) is 0 Å². The van der Waals surface area contributed by atoms with Crippen molar-refractivity contribution in [3.63, 3.8) is 0 Å². The first-order valence-electron chi connectivity index (χ1n) is 8.43. The van der Waals surface area contributed by atoms with Gasteiger partial charge in [0.25, 0.3) is 0 Å². The molecule has 1 aliphatic heterocycles. The molecule has 2 amide bonds. The van der Waals surface area contributed by atoms with Gasteiger partial charge in [0.1, 0.15) is 0 Å². The molecule has 136 valence electrons. The van der Waals surface area contributed by atoms with Gasteiger partial charge in [-0.25, -0.2) is 0 Å². The van der Waals surface area contributed by atoms with Crippen LogP contribution in [0, 0.1) is 0 Å². The lowest BCUT2D eigenvalue weighted by atomic mass is 10.1. The number of nitrogens with zero attached hydrogens (tertiary/aromatic N) is 1. The summed E-state index contributed by atoms with van der Waals surface area (Å²) in [4.78, 5) is 37.8. The van der Waals surface area contributed by atoms with Gasteiger partial charge in [-0.1, -0.05) is 12.1 Å². The average Bonchev–Trinajstić information content (AvgIpc) is 2.60. The van der Waals surface area contributed by atoms with Gasteiger partial charge >= 0.3 is 11.8 Å². The Kier molecular flexibility index (Phi) is 7.09. The van der Waals surface area contributed by atoms with Crippen LogP contribution < -0.4 is 10.6 Å². The summed E-state index contributed by atoms with van der Waals surface area (Å²) < 4.78 is 5.07. The van der Waals surface area contributed by atoms with Gasteiger partial charge in [-0.15, -0.1) is 0 Å². The number of piperidine rings is 1. The third kappa shape index (κ3) is 5.95. The van der Waals surface area contributed by atoms with Gasteiger partial charge < -0.3 is 15.4 Å². The molecule has 2 N–H and O–H groups in total. The molecule has 0 saturated carbocycles. The van der Waals surface area contributed by atoms with Crippen LogP contribution in [0.25, 0.3) is 0 Å². The molecule has 0 bridgehead atoms. The fourth-order valence-corrected chi connectivity index (χ4v) is 2.85. The molecule has 1 saturated heterocycles. The van der Waals surface area contributed by atoms with E-state index in [4.69, 9.17) is 4.74 Å². The highest BCUT2D eigenvalue weighted by molar-refractivity contribution is 6.39. The molecule has 2 rings (SSSR count). The number of methoxy groups -OCH3 is 1. The molecule has 0 aromatic heterocycles. The number of rotatable bonds is 6. The van der Waals surface area contributed by atoms with E-state index >= 15 is 0 Å². The van der Waals surface area contributed by atoms with Gasteiger partial charge in [-0.3, -0.25) is 19.3 Å². The fraction of sp³-hybridized carbons (Fsp3) is 0.500. The predicted molar refractivity (Wildman–Crippen MR) is 94.6 cm³/mol. The van der Waals surface area contributed by atoms with Crippen molar-refractivity contribution in [1.29, 1.82) is 0 Å². The highest BCUT2D eigenvalue weighted by atomic mass is 16.5. The number of ketones is 1. The zero-order chi connectivity index (χ0) is 18.2. The number of ether oxygens (including phenoxy) is 1. The SMILES string of the molecule is COCCN1CCCC(NC(=O)C(=O)Nc2cccc(C(C)=O)c2)C1. The minimum absolute atomic E-state index is 0.0487. The number of hydrogen-bond donors (Lipinski definition) is 2. The van der Waals surface area contributed by atoms with Gasteiger partial charge in [0.05, 0.1) is 6.61 Å². The summed E-state index contributed by atoms with van der Waals surface area (Å²) in [7, 11) is 1.66. The van der Waals surface area contributed by atoms with E-state index < -0.39 is 11.8 Å². The third-order valence-electron chi connectivity index (χ3n) is 4.19. The number of nitrogens with one attached hydrogen (secondary N) is 2. The van der Waals surface area contributed by atoms with Crippen LogP contribution >= 0.6 is 0 Å². The zero-order valence-corrected chi connectivity index (χ0v) is 14.7. The Bertz CT molecular complexity index is 633. The number of amides is 2. The van der Waals surface area contributed by atoms with Crippen molar-refractivity contribution in [2.24, 2.45) is 0 Å². The van der Waals surface area contributed by atoms with E-state index in [2.05, 4.69) is 15.5 Å². The minimum Gasteiger partial charge on any atom is -0.383 e. The monoisotopic (exact) mass is 347 g/mol. The Balaban J connectivity index is 1.86. The Morgan fingerprint density at radius 2 is 2.08 bits per heavy atom. The lowest BCUT2D eigenvalue weighted by Gasteiger charge is -2.32. The van der Waals surface area contributed by atoms with Crippen molar-refractivity contribution in [2.45, 2.75) is 25.8 Å². The van der Waals surface area contributed by atoms with Crippen LogP contribution in [-0.4, -0.2) is 61.9 Å². The van der Waals surface area contributed by atoms with E-state index in [0.29, 0.717) is 24.4 Å².